The van der Waals surface area contributed by atoms with Gasteiger partial charge in [0.1, 0.15) is 11.6 Å². The fraction of sp³-hybridized carbons (Fsp3) is 0.583. The van der Waals surface area contributed by atoms with Crippen molar-refractivity contribution < 1.29 is 0 Å². The van der Waals surface area contributed by atoms with Crippen molar-refractivity contribution in [3.8, 4) is 0 Å². The summed E-state index contributed by atoms with van der Waals surface area (Å²) < 4.78 is 0. The largest absolute Gasteiger partial charge is 0.372 e. The van der Waals surface area contributed by atoms with Crippen molar-refractivity contribution in [2.24, 2.45) is 11.8 Å². The number of hydrogen-bond acceptors (Lipinski definition) is 3. The number of hydrogen-bond donors (Lipinski definition) is 1. The molecule has 17 heavy (non-hydrogen) atoms. The van der Waals surface area contributed by atoms with Gasteiger partial charge in [-0.25, -0.2) is 4.98 Å². The SMILES string of the molecule is CNc1nc(N2CC(C)C(C)C2)c(Cl)cc1Cl. The van der Waals surface area contributed by atoms with Crippen LogP contribution < -0.4 is 10.2 Å². The average Bonchev–Trinajstić information content (AvgIpc) is 2.59. The van der Waals surface area contributed by atoms with Gasteiger partial charge in [-0.1, -0.05) is 37.0 Å². The summed E-state index contributed by atoms with van der Waals surface area (Å²) in [4.78, 5) is 6.72. The molecule has 1 aromatic heterocycles. The molecule has 2 rings (SSSR count). The van der Waals surface area contributed by atoms with Crippen molar-refractivity contribution in [2.45, 2.75) is 13.8 Å². The van der Waals surface area contributed by atoms with Crippen molar-refractivity contribution in [3.63, 3.8) is 0 Å². The molecule has 1 aliphatic rings. The molecule has 0 aromatic carbocycles. The van der Waals surface area contributed by atoms with Crippen LogP contribution in [-0.4, -0.2) is 25.1 Å². The minimum atomic E-state index is 0.557. The Morgan fingerprint density at radius 3 is 2.35 bits per heavy atom. The van der Waals surface area contributed by atoms with Crippen LogP contribution >= 0.6 is 23.2 Å². The van der Waals surface area contributed by atoms with Crippen LogP contribution in [0.25, 0.3) is 0 Å². The van der Waals surface area contributed by atoms with Gasteiger partial charge in [0.15, 0.2) is 0 Å². The molecule has 0 radical (unpaired) electrons. The molecule has 0 amide bonds. The lowest BCUT2D eigenvalue weighted by Gasteiger charge is -2.19. The summed E-state index contributed by atoms with van der Waals surface area (Å²) in [6.45, 7) is 6.51. The van der Waals surface area contributed by atoms with Gasteiger partial charge in [0.2, 0.25) is 0 Å². The van der Waals surface area contributed by atoms with E-state index in [0.29, 0.717) is 27.7 Å². The van der Waals surface area contributed by atoms with Crippen LogP contribution in [0.3, 0.4) is 0 Å². The zero-order valence-electron chi connectivity index (χ0n) is 10.3. The number of aromatic nitrogens is 1. The molecule has 0 spiro atoms. The second-order valence-electron chi connectivity index (χ2n) is 4.73. The zero-order valence-corrected chi connectivity index (χ0v) is 11.8. The Balaban J connectivity index is 2.33. The van der Waals surface area contributed by atoms with Gasteiger partial charge in [-0.05, 0) is 17.9 Å². The third-order valence-corrected chi connectivity index (χ3v) is 4.00. The molecule has 94 valence electrons. The molecular weight excluding hydrogens is 257 g/mol. The van der Waals surface area contributed by atoms with Crippen LogP contribution in [0.1, 0.15) is 13.8 Å². The summed E-state index contributed by atoms with van der Waals surface area (Å²) >= 11 is 12.3. The van der Waals surface area contributed by atoms with E-state index >= 15 is 0 Å². The average molecular weight is 274 g/mol. The topological polar surface area (TPSA) is 28.2 Å². The summed E-state index contributed by atoms with van der Waals surface area (Å²) in [6.07, 6.45) is 0. The second-order valence-corrected chi connectivity index (χ2v) is 5.55. The van der Waals surface area contributed by atoms with Gasteiger partial charge in [-0.15, -0.1) is 0 Å². The predicted molar refractivity (Wildman–Crippen MR) is 74.3 cm³/mol. The van der Waals surface area contributed by atoms with Crippen LogP contribution in [0.2, 0.25) is 10.0 Å². The minimum Gasteiger partial charge on any atom is -0.372 e. The standard InChI is InChI=1S/C12H17Cl2N3/c1-7-5-17(6-8(7)2)12-10(14)4-9(13)11(15-3)16-12/h4,7-8H,5-6H2,1-3H3,(H,15,16). The van der Waals surface area contributed by atoms with Gasteiger partial charge >= 0.3 is 0 Å². The minimum absolute atomic E-state index is 0.557. The summed E-state index contributed by atoms with van der Waals surface area (Å²) in [7, 11) is 1.81. The van der Waals surface area contributed by atoms with Crippen molar-refractivity contribution in [1.29, 1.82) is 0 Å². The number of rotatable bonds is 2. The lowest BCUT2D eigenvalue weighted by atomic mass is 10.0. The van der Waals surface area contributed by atoms with E-state index in [4.69, 9.17) is 23.2 Å². The van der Waals surface area contributed by atoms with Crippen LogP contribution in [0.5, 0.6) is 0 Å². The second kappa shape index (κ2) is 4.91. The van der Waals surface area contributed by atoms with Crippen molar-refractivity contribution in [1.82, 2.24) is 4.98 Å². The van der Waals surface area contributed by atoms with Gasteiger partial charge in [0, 0.05) is 20.1 Å². The van der Waals surface area contributed by atoms with Crippen LogP contribution in [0.4, 0.5) is 11.6 Å². The Hall–Kier alpha value is -0.670. The summed E-state index contributed by atoms with van der Waals surface area (Å²) in [5, 5.41) is 4.16. The van der Waals surface area contributed by atoms with Crippen LogP contribution in [0, 0.1) is 11.8 Å². The zero-order chi connectivity index (χ0) is 12.6. The first-order valence-electron chi connectivity index (χ1n) is 5.81. The molecule has 5 heteroatoms. The monoisotopic (exact) mass is 273 g/mol. The lowest BCUT2D eigenvalue weighted by Crippen LogP contribution is -2.21. The summed E-state index contributed by atoms with van der Waals surface area (Å²) in [5.41, 5.74) is 0. The highest BCUT2D eigenvalue weighted by atomic mass is 35.5. The van der Waals surface area contributed by atoms with E-state index in [0.717, 1.165) is 18.9 Å². The molecule has 2 unspecified atom stereocenters. The van der Waals surface area contributed by atoms with Gasteiger partial charge in [-0.3, -0.25) is 0 Å². The Bertz CT molecular complexity index is 412. The van der Waals surface area contributed by atoms with Crippen molar-refractivity contribution in [3.05, 3.63) is 16.1 Å². The molecular formula is C12H17Cl2N3. The smallest absolute Gasteiger partial charge is 0.149 e. The Morgan fingerprint density at radius 1 is 1.24 bits per heavy atom. The highest BCUT2D eigenvalue weighted by Crippen LogP contribution is 2.35. The van der Waals surface area contributed by atoms with E-state index in [1.165, 1.54) is 0 Å². The van der Waals surface area contributed by atoms with Gasteiger partial charge in [-0.2, -0.15) is 0 Å². The third-order valence-electron chi connectivity index (χ3n) is 3.44. The first-order chi connectivity index (χ1) is 8.02. The van der Waals surface area contributed by atoms with Crippen molar-refractivity contribution in [2.75, 3.05) is 30.4 Å². The number of anilines is 2. The van der Waals surface area contributed by atoms with Crippen LogP contribution in [0.15, 0.2) is 6.07 Å². The molecule has 1 fully saturated rings. The van der Waals surface area contributed by atoms with E-state index in [2.05, 4.69) is 29.0 Å². The van der Waals surface area contributed by atoms with E-state index in [1.54, 1.807) is 13.1 Å². The Morgan fingerprint density at radius 2 is 1.82 bits per heavy atom. The molecule has 2 heterocycles. The normalized spacial score (nSPS) is 24.2. The first-order valence-corrected chi connectivity index (χ1v) is 6.57. The molecule has 1 aliphatic heterocycles. The maximum absolute atomic E-state index is 6.22. The van der Waals surface area contributed by atoms with E-state index in [-0.39, 0.29) is 0 Å². The fourth-order valence-electron chi connectivity index (χ4n) is 2.16. The number of nitrogens with one attached hydrogen (secondary N) is 1. The Kier molecular flexibility index (Phi) is 3.69. The molecule has 2 atom stereocenters. The van der Waals surface area contributed by atoms with E-state index < -0.39 is 0 Å². The van der Waals surface area contributed by atoms with Crippen LogP contribution in [-0.2, 0) is 0 Å². The van der Waals surface area contributed by atoms with Gasteiger partial charge < -0.3 is 10.2 Å². The predicted octanol–water partition coefficient (Wildman–Crippen LogP) is 3.52. The number of pyridine rings is 1. The number of nitrogens with zero attached hydrogens (tertiary/aromatic N) is 2. The maximum atomic E-state index is 6.22. The summed E-state index contributed by atoms with van der Waals surface area (Å²) in [5.74, 6) is 2.85. The van der Waals surface area contributed by atoms with Gasteiger partial charge in [0.05, 0.1) is 10.0 Å². The molecule has 0 saturated carbocycles. The van der Waals surface area contributed by atoms with E-state index in [1.807, 2.05) is 0 Å². The molecule has 1 saturated heterocycles. The highest BCUT2D eigenvalue weighted by Gasteiger charge is 2.28. The molecule has 3 nitrogen and oxygen atoms in total. The summed E-state index contributed by atoms with van der Waals surface area (Å²) in [6, 6.07) is 1.75. The molecule has 1 N–H and O–H groups in total. The highest BCUT2D eigenvalue weighted by molar-refractivity contribution is 6.37. The van der Waals surface area contributed by atoms with E-state index in [9.17, 15) is 0 Å². The quantitative estimate of drug-likeness (QED) is 0.894. The number of halogens is 2. The Labute approximate surface area is 112 Å². The molecule has 0 aliphatic carbocycles. The maximum Gasteiger partial charge on any atom is 0.149 e. The molecule has 0 bridgehead atoms. The lowest BCUT2D eigenvalue weighted by molar-refractivity contribution is 0.494. The first kappa shape index (κ1) is 12.8. The molecule has 1 aromatic rings. The fourth-order valence-corrected chi connectivity index (χ4v) is 2.73. The van der Waals surface area contributed by atoms with Crippen molar-refractivity contribution >= 4 is 34.8 Å². The third kappa shape index (κ3) is 2.45. The van der Waals surface area contributed by atoms with Gasteiger partial charge in [0.25, 0.3) is 0 Å².